The summed E-state index contributed by atoms with van der Waals surface area (Å²) >= 11 is 0. The molecule has 0 atom stereocenters. The van der Waals surface area contributed by atoms with Crippen molar-refractivity contribution in [3.05, 3.63) is 75.1 Å². The predicted molar refractivity (Wildman–Crippen MR) is 96.4 cm³/mol. The number of hydrogen-bond donors (Lipinski definition) is 2. The Bertz CT molecular complexity index is 911. The lowest BCUT2D eigenvalue weighted by Crippen LogP contribution is -2.81. The van der Waals surface area contributed by atoms with Crippen LogP contribution >= 0.6 is 0 Å². The number of benzene rings is 2. The lowest BCUT2D eigenvalue weighted by Gasteiger charge is -2.07. The smallest absolute Gasteiger partial charge is 0.257 e. The third-order valence-electron chi connectivity index (χ3n) is 4.29. The molecule has 4 heteroatoms. The monoisotopic (exact) mass is 323 g/mol. The van der Waals surface area contributed by atoms with Crippen LogP contribution in [0.5, 0.6) is 5.75 Å². The molecule has 3 rings (SSSR count). The molecule has 0 bridgehead atoms. The van der Waals surface area contributed by atoms with Crippen molar-refractivity contribution in [2.45, 2.75) is 26.9 Å². The number of quaternary nitrogens is 1. The number of rotatable bonds is 5. The highest BCUT2D eigenvalue weighted by molar-refractivity contribution is 5.83. The molecule has 0 amide bonds. The van der Waals surface area contributed by atoms with Gasteiger partial charge in [-0.1, -0.05) is 6.07 Å². The Kier molecular flexibility index (Phi) is 4.67. The summed E-state index contributed by atoms with van der Waals surface area (Å²) in [7, 11) is 1.66. The summed E-state index contributed by atoms with van der Waals surface area (Å²) in [6.45, 7) is 5.61. The topological polar surface area (TPSA) is 58.7 Å². The molecule has 0 saturated heterocycles. The van der Waals surface area contributed by atoms with Crippen LogP contribution < -0.4 is 15.6 Å². The van der Waals surface area contributed by atoms with Crippen molar-refractivity contribution in [3.63, 3.8) is 0 Å². The van der Waals surface area contributed by atoms with Crippen LogP contribution in [0.25, 0.3) is 10.9 Å². The molecule has 0 fully saturated rings. The van der Waals surface area contributed by atoms with Crippen LogP contribution in [0.1, 0.15) is 22.3 Å². The molecule has 24 heavy (non-hydrogen) atoms. The van der Waals surface area contributed by atoms with Gasteiger partial charge < -0.3 is 15.0 Å². The molecule has 0 aliphatic carbocycles. The van der Waals surface area contributed by atoms with Crippen molar-refractivity contribution in [2.75, 3.05) is 7.11 Å². The number of aromatic amines is 1. The first-order valence-corrected chi connectivity index (χ1v) is 8.14. The lowest BCUT2D eigenvalue weighted by atomic mass is 10.0. The zero-order chi connectivity index (χ0) is 17.1. The van der Waals surface area contributed by atoms with E-state index in [1.165, 1.54) is 11.1 Å². The molecular formula is C20H23N2O2+. The van der Waals surface area contributed by atoms with Crippen molar-refractivity contribution in [3.8, 4) is 5.75 Å². The van der Waals surface area contributed by atoms with Gasteiger partial charge >= 0.3 is 0 Å². The van der Waals surface area contributed by atoms with E-state index in [1.807, 2.05) is 43.3 Å². The molecule has 1 heterocycles. The number of hydrogen-bond acceptors (Lipinski definition) is 2. The van der Waals surface area contributed by atoms with E-state index in [2.05, 4.69) is 23.3 Å². The summed E-state index contributed by atoms with van der Waals surface area (Å²) in [5.74, 6) is 0.857. The molecule has 0 saturated carbocycles. The van der Waals surface area contributed by atoms with Crippen LogP contribution in [0.15, 0.2) is 47.3 Å². The van der Waals surface area contributed by atoms with E-state index in [9.17, 15) is 4.79 Å². The number of methoxy groups -OCH3 is 1. The van der Waals surface area contributed by atoms with Gasteiger partial charge in [0.05, 0.1) is 12.7 Å². The number of nitrogens with one attached hydrogen (secondary N) is 1. The second-order valence-electron chi connectivity index (χ2n) is 6.21. The second kappa shape index (κ2) is 6.89. The van der Waals surface area contributed by atoms with Crippen molar-refractivity contribution < 1.29 is 10.1 Å². The van der Waals surface area contributed by atoms with Crippen LogP contribution in [-0.4, -0.2) is 12.1 Å². The Balaban J connectivity index is 1.75. The first kappa shape index (κ1) is 16.3. The molecule has 1 aromatic heterocycles. The summed E-state index contributed by atoms with van der Waals surface area (Å²) in [6, 6.07) is 14.2. The Hall–Kier alpha value is -2.59. The number of pyridine rings is 1. The zero-order valence-electron chi connectivity index (χ0n) is 14.3. The summed E-state index contributed by atoms with van der Waals surface area (Å²) in [4.78, 5) is 15.3. The van der Waals surface area contributed by atoms with Gasteiger partial charge in [-0.3, -0.25) is 4.79 Å². The van der Waals surface area contributed by atoms with Crippen molar-refractivity contribution in [2.24, 2.45) is 0 Å². The van der Waals surface area contributed by atoms with Gasteiger partial charge in [0, 0.05) is 16.5 Å². The lowest BCUT2D eigenvalue weighted by molar-refractivity contribution is -0.686. The van der Waals surface area contributed by atoms with Gasteiger partial charge in [-0.05, 0) is 61.4 Å². The normalized spacial score (nSPS) is 11.0. The Morgan fingerprint density at radius 3 is 2.50 bits per heavy atom. The number of aryl methyl sites for hydroxylation is 2. The molecule has 0 radical (unpaired) electrons. The van der Waals surface area contributed by atoms with E-state index in [1.54, 1.807) is 7.11 Å². The highest BCUT2D eigenvalue weighted by atomic mass is 16.5. The Morgan fingerprint density at radius 1 is 1.04 bits per heavy atom. The summed E-state index contributed by atoms with van der Waals surface area (Å²) in [5, 5.41) is 3.26. The number of fused-ring (bicyclic) bond motifs is 1. The van der Waals surface area contributed by atoms with E-state index in [-0.39, 0.29) is 5.56 Å². The van der Waals surface area contributed by atoms with Crippen LogP contribution in [0.2, 0.25) is 0 Å². The van der Waals surface area contributed by atoms with Crippen LogP contribution in [-0.2, 0) is 13.1 Å². The number of H-pyrrole nitrogens is 1. The van der Waals surface area contributed by atoms with Crippen molar-refractivity contribution in [1.82, 2.24) is 4.98 Å². The van der Waals surface area contributed by atoms with Crippen LogP contribution in [0.3, 0.4) is 0 Å². The summed E-state index contributed by atoms with van der Waals surface area (Å²) < 4.78 is 5.16. The van der Waals surface area contributed by atoms with Gasteiger partial charge in [0.2, 0.25) is 0 Å². The van der Waals surface area contributed by atoms with Crippen molar-refractivity contribution >= 4 is 10.9 Å². The summed E-state index contributed by atoms with van der Waals surface area (Å²) in [6.07, 6.45) is 0. The standard InChI is InChI=1S/C20H22N2O2/c1-13-8-14(2)18-10-16(20(23)22-19(18)9-13)12-21-11-15-4-6-17(24-3)7-5-15/h4-10,21H,11-12H2,1-3H3,(H,22,23)/p+1. The molecule has 3 N–H and O–H groups in total. The Labute approximate surface area is 141 Å². The minimum absolute atomic E-state index is 0.00141. The fourth-order valence-corrected chi connectivity index (χ4v) is 3.02. The van der Waals surface area contributed by atoms with Crippen LogP contribution in [0.4, 0.5) is 0 Å². The van der Waals surface area contributed by atoms with Crippen LogP contribution in [0, 0.1) is 13.8 Å². The molecule has 0 aliphatic rings. The maximum absolute atomic E-state index is 12.3. The minimum atomic E-state index is -0.00141. The molecule has 0 aliphatic heterocycles. The average Bonchev–Trinajstić information content (AvgIpc) is 2.56. The van der Waals surface area contributed by atoms with E-state index in [4.69, 9.17) is 4.74 Å². The van der Waals surface area contributed by atoms with E-state index < -0.39 is 0 Å². The maximum Gasteiger partial charge on any atom is 0.257 e. The number of ether oxygens (including phenoxy) is 1. The van der Waals surface area contributed by atoms with E-state index in [0.717, 1.165) is 34.3 Å². The quantitative estimate of drug-likeness (QED) is 0.757. The Morgan fingerprint density at radius 2 is 1.79 bits per heavy atom. The fourth-order valence-electron chi connectivity index (χ4n) is 3.02. The summed E-state index contributed by atoms with van der Waals surface area (Å²) in [5.41, 5.74) is 5.28. The van der Waals surface area contributed by atoms with Crippen molar-refractivity contribution in [1.29, 1.82) is 0 Å². The average molecular weight is 323 g/mol. The molecule has 3 aromatic rings. The molecular weight excluding hydrogens is 300 g/mol. The molecule has 2 aromatic carbocycles. The predicted octanol–water partition coefficient (Wildman–Crippen LogP) is 2.42. The molecule has 0 spiro atoms. The third-order valence-corrected chi connectivity index (χ3v) is 4.29. The minimum Gasteiger partial charge on any atom is -0.497 e. The highest BCUT2D eigenvalue weighted by Crippen LogP contribution is 2.18. The zero-order valence-corrected chi connectivity index (χ0v) is 14.3. The van der Waals surface area contributed by atoms with E-state index >= 15 is 0 Å². The largest absolute Gasteiger partial charge is 0.497 e. The van der Waals surface area contributed by atoms with Gasteiger partial charge in [-0.2, -0.15) is 0 Å². The fraction of sp³-hybridized carbons (Fsp3) is 0.250. The molecule has 0 unspecified atom stereocenters. The number of aromatic nitrogens is 1. The maximum atomic E-state index is 12.3. The molecule has 124 valence electrons. The molecule has 4 nitrogen and oxygen atoms in total. The van der Waals surface area contributed by atoms with Gasteiger partial charge in [0.25, 0.3) is 5.56 Å². The van der Waals surface area contributed by atoms with E-state index in [0.29, 0.717) is 6.54 Å². The first-order valence-electron chi connectivity index (χ1n) is 8.14. The van der Waals surface area contributed by atoms with Gasteiger partial charge in [0.1, 0.15) is 18.8 Å². The SMILES string of the molecule is COc1ccc(C[NH2+]Cc2cc3c(C)cc(C)cc3[nH]c2=O)cc1. The third kappa shape index (κ3) is 3.49. The first-order chi connectivity index (χ1) is 11.6. The van der Waals surface area contributed by atoms with Gasteiger partial charge in [0.15, 0.2) is 0 Å². The second-order valence-corrected chi connectivity index (χ2v) is 6.21. The van der Waals surface area contributed by atoms with Gasteiger partial charge in [-0.15, -0.1) is 0 Å². The van der Waals surface area contributed by atoms with Gasteiger partial charge in [-0.25, -0.2) is 0 Å². The highest BCUT2D eigenvalue weighted by Gasteiger charge is 2.07. The number of nitrogens with two attached hydrogens (primary N) is 1.